The molecule has 0 radical (unpaired) electrons. The molecule has 0 aliphatic carbocycles. The average molecular weight is 480 g/mol. The van der Waals surface area contributed by atoms with Crippen LogP contribution in [0.3, 0.4) is 0 Å². The SMILES string of the molecule is CC(=O)NCc1ccc(-c2csc(NC(=O)Cn3c(C(F)(F)F)nc4ccccc43)n2)s1. The summed E-state index contributed by atoms with van der Waals surface area (Å²) in [6.07, 6.45) is -4.69. The molecule has 0 bridgehead atoms. The van der Waals surface area contributed by atoms with Gasteiger partial charge in [0.2, 0.25) is 17.6 Å². The van der Waals surface area contributed by atoms with E-state index in [0.717, 1.165) is 14.3 Å². The molecule has 0 unspecified atom stereocenters. The minimum atomic E-state index is -4.69. The van der Waals surface area contributed by atoms with Crippen molar-refractivity contribution >= 4 is 50.7 Å². The van der Waals surface area contributed by atoms with Gasteiger partial charge in [-0.25, -0.2) is 9.97 Å². The van der Waals surface area contributed by atoms with Crippen LogP contribution in [-0.4, -0.2) is 26.3 Å². The van der Waals surface area contributed by atoms with Crippen molar-refractivity contribution in [3.8, 4) is 10.6 Å². The number of rotatable bonds is 6. The van der Waals surface area contributed by atoms with E-state index in [2.05, 4.69) is 20.6 Å². The summed E-state index contributed by atoms with van der Waals surface area (Å²) in [5.41, 5.74) is 1.02. The van der Waals surface area contributed by atoms with Crippen LogP contribution in [0.4, 0.5) is 18.3 Å². The van der Waals surface area contributed by atoms with Gasteiger partial charge in [-0.2, -0.15) is 13.2 Å². The highest BCUT2D eigenvalue weighted by Crippen LogP contribution is 2.32. The van der Waals surface area contributed by atoms with Crippen LogP contribution in [0.15, 0.2) is 41.8 Å². The van der Waals surface area contributed by atoms with E-state index in [9.17, 15) is 22.8 Å². The minimum absolute atomic E-state index is 0.127. The van der Waals surface area contributed by atoms with E-state index in [-0.39, 0.29) is 22.1 Å². The average Bonchev–Trinajstić information content (AvgIpc) is 3.45. The van der Waals surface area contributed by atoms with Crippen LogP contribution < -0.4 is 10.6 Å². The number of amides is 2. The van der Waals surface area contributed by atoms with Crippen molar-refractivity contribution in [2.45, 2.75) is 26.2 Å². The first-order valence-electron chi connectivity index (χ1n) is 9.32. The number of carbonyl (C=O) groups is 2. The van der Waals surface area contributed by atoms with Gasteiger partial charge >= 0.3 is 6.18 Å². The monoisotopic (exact) mass is 479 g/mol. The first-order chi connectivity index (χ1) is 15.2. The van der Waals surface area contributed by atoms with E-state index < -0.39 is 24.5 Å². The molecule has 0 atom stereocenters. The summed E-state index contributed by atoms with van der Waals surface area (Å²) in [5, 5.41) is 7.30. The number of benzene rings is 1. The number of para-hydroxylation sites is 2. The van der Waals surface area contributed by atoms with Crippen LogP contribution in [0.1, 0.15) is 17.6 Å². The van der Waals surface area contributed by atoms with E-state index in [0.29, 0.717) is 12.2 Å². The van der Waals surface area contributed by atoms with Crippen LogP contribution in [0, 0.1) is 0 Å². The summed E-state index contributed by atoms with van der Waals surface area (Å²) < 4.78 is 41.1. The fraction of sp³-hybridized carbons (Fsp3) is 0.200. The Hall–Kier alpha value is -3.25. The Kier molecular flexibility index (Phi) is 5.98. The van der Waals surface area contributed by atoms with Gasteiger partial charge in [0.15, 0.2) is 5.13 Å². The molecular formula is C20H16F3N5O2S2. The van der Waals surface area contributed by atoms with Crippen molar-refractivity contribution in [2.24, 2.45) is 0 Å². The van der Waals surface area contributed by atoms with Crippen LogP contribution >= 0.6 is 22.7 Å². The van der Waals surface area contributed by atoms with Gasteiger partial charge in [-0.1, -0.05) is 12.1 Å². The van der Waals surface area contributed by atoms with Gasteiger partial charge in [-0.3, -0.25) is 9.59 Å². The number of fused-ring (bicyclic) bond motifs is 1. The molecular weight excluding hydrogens is 463 g/mol. The number of imidazole rings is 1. The highest BCUT2D eigenvalue weighted by molar-refractivity contribution is 7.17. The molecule has 32 heavy (non-hydrogen) atoms. The molecule has 0 aliphatic heterocycles. The molecule has 3 aromatic heterocycles. The maximum absolute atomic E-state index is 13.4. The second kappa shape index (κ2) is 8.71. The van der Waals surface area contributed by atoms with E-state index in [1.54, 1.807) is 17.5 Å². The number of hydrogen-bond acceptors (Lipinski definition) is 6. The number of alkyl halides is 3. The highest BCUT2D eigenvalue weighted by atomic mass is 32.1. The third-order valence-corrected chi connectivity index (χ3v) is 6.25. The first kappa shape index (κ1) is 22.0. The first-order valence-corrected chi connectivity index (χ1v) is 11.0. The Balaban J connectivity index is 1.48. The minimum Gasteiger partial charge on any atom is -0.351 e. The van der Waals surface area contributed by atoms with Gasteiger partial charge in [0.05, 0.1) is 28.1 Å². The molecule has 2 N–H and O–H groups in total. The maximum atomic E-state index is 13.4. The molecule has 3 heterocycles. The smallest absolute Gasteiger partial charge is 0.351 e. The van der Waals surface area contributed by atoms with Gasteiger partial charge < -0.3 is 15.2 Å². The summed E-state index contributed by atoms with van der Waals surface area (Å²) in [5.74, 6) is -1.89. The predicted octanol–water partition coefficient (Wildman–Crippen LogP) is 4.51. The molecule has 166 valence electrons. The molecule has 0 aliphatic rings. The van der Waals surface area contributed by atoms with E-state index in [1.165, 1.54) is 41.7 Å². The van der Waals surface area contributed by atoms with Crippen molar-refractivity contribution in [1.29, 1.82) is 0 Å². The number of aromatic nitrogens is 3. The number of nitrogens with one attached hydrogen (secondary N) is 2. The van der Waals surface area contributed by atoms with Crippen LogP contribution in [-0.2, 0) is 28.9 Å². The van der Waals surface area contributed by atoms with Crippen molar-refractivity contribution in [2.75, 3.05) is 5.32 Å². The summed E-state index contributed by atoms with van der Waals surface area (Å²) in [6.45, 7) is 1.30. The van der Waals surface area contributed by atoms with E-state index in [4.69, 9.17) is 0 Å². The zero-order chi connectivity index (χ0) is 22.9. The lowest BCUT2D eigenvalue weighted by Gasteiger charge is -2.10. The summed E-state index contributed by atoms with van der Waals surface area (Å²) >= 11 is 2.62. The second-order valence-electron chi connectivity index (χ2n) is 6.77. The zero-order valence-corrected chi connectivity index (χ0v) is 18.2. The van der Waals surface area contributed by atoms with Crippen molar-refractivity contribution in [3.63, 3.8) is 0 Å². The van der Waals surface area contributed by atoms with Crippen molar-refractivity contribution in [1.82, 2.24) is 19.9 Å². The van der Waals surface area contributed by atoms with Crippen molar-refractivity contribution < 1.29 is 22.8 Å². The summed E-state index contributed by atoms with van der Waals surface area (Å²) in [4.78, 5) is 33.3. The lowest BCUT2D eigenvalue weighted by molar-refractivity contribution is -0.147. The third-order valence-electron chi connectivity index (χ3n) is 4.39. The van der Waals surface area contributed by atoms with E-state index >= 15 is 0 Å². The Morgan fingerprint density at radius 1 is 1.12 bits per heavy atom. The van der Waals surface area contributed by atoms with Gasteiger partial charge in [0.1, 0.15) is 6.54 Å². The number of hydrogen-bond donors (Lipinski definition) is 2. The molecule has 4 aromatic rings. The zero-order valence-electron chi connectivity index (χ0n) is 16.6. The molecule has 1 aromatic carbocycles. The van der Waals surface area contributed by atoms with Crippen molar-refractivity contribution in [3.05, 3.63) is 52.5 Å². The number of carbonyl (C=O) groups excluding carboxylic acids is 2. The van der Waals surface area contributed by atoms with Gasteiger partial charge in [-0.05, 0) is 24.3 Å². The largest absolute Gasteiger partial charge is 0.449 e. The second-order valence-corrected chi connectivity index (χ2v) is 8.80. The molecule has 2 amide bonds. The summed E-state index contributed by atoms with van der Waals surface area (Å²) in [6, 6.07) is 9.86. The molecule has 0 spiro atoms. The van der Waals surface area contributed by atoms with Gasteiger partial charge in [0.25, 0.3) is 0 Å². The molecule has 7 nitrogen and oxygen atoms in total. The van der Waals surface area contributed by atoms with Crippen LogP contribution in [0.25, 0.3) is 21.6 Å². The normalized spacial score (nSPS) is 11.6. The lowest BCUT2D eigenvalue weighted by atomic mass is 10.3. The van der Waals surface area contributed by atoms with Crippen LogP contribution in [0.5, 0.6) is 0 Å². The summed E-state index contributed by atoms with van der Waals surface area (Å²) in [7, 11) is 0. The number of nitrogens with zero attached hydrogens (tertiary/aromatic N) is 3. The maximum Gasteiger partial charge on any atom is 0.449 e. The highest BCUT2D eigenvalue weighted by Gasteiger charge is 2.38. The predicted molar refractivity (Wildman–Crippen MR) is 116 cm³/mol. The molecule has 4 rings (SSSR count). The van der Waals surface area contributed by atoms with Crippen LogP contribution in [0.2, 0.25) is 0 Å². The van der Waals surface area contributed by atoms with Gasteiger partial charge in [0, 0.05) is 17.2 Å². The number of anilines is 1. The fourth-order valence-electron chi connectivity index (χ4n) is 3.02. The standard InChI is InChI=1S/C20H16F3N5O2S2/c1-11(29)24-8-12-6-7-16(32-12)14-10-31-19(26-14)27-17(30)9-28-15-5-3-2-4-13(15)25-18(28)20(21,22)23/h2-7,10H,8-9H2,1H3,(H,24,29)(H,26,27,30). The van der Waals surface area contributed by atoms with Gasteiger partial charge in [-0.15, -0.1) is 22.7 Å². The lowest BCUT2D eigenvalue weighted by Crippen LogP contribution is -2.23. The molecule has 12 heteroatoms. The molecule has 0 saturated carbocycles. The molecule has 0 saturated heterocycles. The Morgan fingerprint density at radius 3 is 2.66 bits per heavy atom. The Labute approximate surface area is 187 Å². The van der Waals surface area contributed by atoms with E-state index in [1.807, 2.05) is 12.1 Å². The number of thiophene rings is 1. The fourth-order valence-corrected chi connectivity index (χ4v) is 4.73. The number of halogens is 3. The quantitative estimate of drug-likeness (QED) is 0.426. The topological polar surface area (TPSA) is 88.9 Å². The Bertz CT molecular complexity index is 1290. The third kappa shape index (κ3) is 4.81. The Morgan fingerprint density at radius 2 is 1.91 bits per heavy atom. The molecule has 0 fully saturated rings. The number of thiazole rings is 1.